The SMILES string of the molecule is [2H]C([2H])([2H])C(C)c1nnc(C)n1C1CC2CCC(C1)N2C([2H])([2H])CC(NC(=O)C1C([2H])([2H])C([2H])([2H])C(F)(F)C([2H])([2H])C1([2H])[2H])c1ccccc1. The summed E-state index contributed by atoms with van der Waals surface area (Å²) in [6, 6.07) is 5.79. The molecule has 3 aliphatic rings. The summed E-state index contributed by atoms with van der Waals surface area (Å²) in [7, 11) is 0. The second-order valence-electron chi connectivity index (χ2n) is 9.99. The minimum absolute atomic E-state index is 0.210. The molecule has 202 valence electrons. The Morgan fingerprint density at radius 1 is 1.19 bits per heavy atom. The van der Waals surface area contributed by atoms with E-state index in [1.54, 1.807) is 49.1 Å². The molecule has 5 rings (SSSR count). The number of nitrogens with zero attached hydrogens (tertiary/aromatic N) is 4. The number of hydrogen-bond acceptors (Lipinski definition) is 4. The van der Waals surface area contributed by atoms with E-state index in [0.29, 0.717) is 42.9 Å². The van der Waals surface area contributed by atoms with E-state index in [4.69, 9.17) is 15.1 Å². The van der Waals surface area contributed by atoms with Crippen molar-refractivity contribution in [3.05, 3.63) is 47.5 Å². The van der Waals surface area contributed by atoms with Gasteiger partial charge in [-0.15, -0.1) is 10.2 Å². The van der Waals surface area contributed by atoms with Gasteiger partial charge in [0, 0.05) is 67.0 Å². The van der Waals surface area contributed by atoms with E-state index in [1.807, 2.05) is 4.57 Å². The zero-order valence-electron chi connectivity index (χ0n) is 33.8. The van der Waals surface area contributed by atoms with Gasteiger partial charge in [0.2, 0.25) is 11.8 Å². The highest BCUT2D eigenvalue weighted by Crippen LogP contribution is 2.42. The van der Waals surface area contributed by atoms with Gasteiger partial charge in [-0.2, -0.15) is 0 Å². The Kier molecular flexibility index (Phi) is 4.29. The smallest absolute Gasteiger partial charge is 0.248 e. The number of alkyl halides is 2. The lowest BCUT2D eigenvalue weighted by molar-refractivity contribution is -0.130. The number of aryl methyl sites for hydroxylation is 1. The Bertz CT molecular complexity index is 1540. The maximum Gasteiger partial charge on any atom is 0.248 e. The van der Waals surface area contributed by atoms with Gasteiger partial charge in [-0.25, -0.2) is 8.78 Å². The molecule has 0 spiro atoms. The molecule has 3 fully saturated rings. The van der Waals surface area contributed by atoms with Crippen LogP contribution in [0.25, 0.3) is 0 Å². The fourth-order valence-electron chi connectivity index (χ4n) is 5.66. The van der Waals surface area contributed by atoms with Crippen LogP contribution in [0.5, 0.6) is 0 Å². The molecule has 6 nitrogen and oxygen atoms in total. The quantitative estimate of drug-likeness (QED) is 0.462. The Hall–Kier alpha value is -2.35. The van der Waals surface area contributed by atoms with Gasteiger partial charge in [0.25, 0.3) is 0 Å². The van der Waals surface area contributed by atoms with Crippen LogP contribution in [-0.2, 0) is 4.79 Å². The monoisotopic (exact) mass is 526 g/mol. The lowest BCUT2D eigenvalue weighted by atomic mass is 9.86. The van der Waals surface area contributed by atoms with Crippen LogP contribution in [0, 0.1) is 12.8 Å². The lowest BCUT2D eigenvalue weighted by Gasteiger charge is -2.40. The Morgan fingerprint density at radius 3 is 2.51 bits per heavy atom. The molecule has 1 amide bonds. The topological polar surface area (TPSA) is 63.1 Å². The summed E-state index contributed by atoms with van der Waals surface area (Å²) in [5, 5.41) is 10.7. The van der Waals surface area contributed by atoms with Crippen LogP contribution >= 0.6 is 0 Å². The van der Waals surface area contributed by atoms with Crippen molar-refractivity contribution in [2.45, 2.75) is 114 Å². The van der Waals surface area contributed by atoms with E-state index in [2.05, 4.69) is 15.5 Å². The van der Waals surface area contributed by atoms with E-state index < -0.39 is 75.0 Å². The number of carbonyl (C=O) groups is 1. The summed E-state index contributed by atoms with van der Waals surface area (Å²) >= 11 is 0. The zero-order chi connectivity index (χ0) is 37.6. The highest BCUT2D eigenvalue weighted by Gasteiger charge is 2.42. The van der Waals surface area contributed by atoms with Crippen molar-refractivity contribution in [1.29, 1.82) is 0 Å². The first kappa shape index (κ1) is 14.7. The second-order valence-corrected chi connectivity index (χ2v) is 9.99. The van der Waals surface area contributed by atoms with Crippen molar-refractivity contribution >= 4 is 5.91 Å². The van der Waals surface area contributed by atoms with Crippen LogP contribution < -0.4 is 5.32 Å². The number of hydrogen-bond donors (Lipinski definition) is 1. The van der Waals surface area contributed by atoms with Crippen LogP contribution in [0.2, 0.25) is 0 Å². The average Bonchev–Trinajstić information content (AvgIpc) is 3.51. The Morgan fingerprint density at radius 2 is 1.86 bits per heavy atom. The van der Waals surface area contributed by atoms with E-state index in [1.165, 1.54) is 0 Å². The molecule has 0 radical (unpaired) electrons. The van der Waals surface area contributed by atoms with Crippen LogP contribution in [0.4, 0.5) is 8.78 Å². The molecule has 1 N–H and O–H groups in total. The fourth-order valence-corrected chi connectivity index (χ4v) is 5.66. The van der Waals surface area contributed by atoms with E-state index in [0.717, 1.165) is 0 Å². The van der Waals surface area contributed by atoms with Gasteiger partial charge in [-0.3, -0.25) is 9.69 Å². The van der Waals surface area contributed by atoms with Crippen molar-refractivity contribution in [2.24, 2.45) is 5.92 Å². The minimum atomic E-state index is -5.15. The number of fused-ring (bicyclic) bond motifs is 2. The molecule has 3 heterocycles. The molecule has 1 aromatic heterocycles. The molecule has 2 bridgehead atoms. The maximum atomic E-state index is 15.0. The molecular weight excluding hydrogens is 472 g/mol. The normalized spacial score (nSPS) is 39.0. The van der Waals surface area contributed by atoms with Crippen molar-refractivity contribution in [3.63, 3.8) is 0 Å². The van der Waals surface area contributed by atoms with E-state index in [-0.39, 0.29) is 18.1 Å². The molecule has 2 aromatic rings. The van der Waals surface area contributed by atoms with Crippen LogP contribution in [0.1, 0.15) is 124 Å². The highest BCUT2D eigenvalue weighted by atomic mass is 19.3. The third kappa shape index (κ3) is 5.74. The lowest BCUT2D eigenvalue weighted by Crippen LogP contribution is -2.45. The summed E-state index contributed by atoms with van der Waals surface area (Å²) in [4.78, 5) is 15.5. The molecule has 8 heteroatoms. The first-order valence-corrected chi connectivity index (χ1v) is 12.6. The van der Waals surface area contributed by atoms with Gasteiger partial charge in [0.15, 0.2) is 0 Å². The van der Waals surface area contributed by atoms with E-state index in [9.17, 15) is 7.54 Å². The number of halogens is 2. The molecule has 2 saturated heterocycles. The molecule has 1 aliphatic carbocycles. The van der Waals surface area contributed by atoms with Gasteiger partial charge in [0.1, 0.15) is 11.6 Å². The van der Waals surface area contributed by atoms with Crippen molar-refractivity contribution in [1.82, 2.24) is 25.0 Å². The van der Waals surface area contributed by atoms with Gasteiger partial charge in [-0.05, 0) is 57.3 Å². The third-order valence-electron chi connectivity index (χ3n) is 7.36. The van der Waals surface area contributed by atoms with Crippen molar-refractivity contribution < 1.29 is 31.4 Å². The van der Waals surface area contributed by atoms with Crippen LogP contribution in [0.3, 0.4) is 0 Å². The summed E-state index contributed by atoms with van der Waals surface area (Å²) in [5.74, 6) is -9.63. The summed E-state index contributed by atoms with van der Waals surface area (Å²) in [6.45, 7) is -1.17. The van der Waals surface area contributed by atoms with E-state index >= 15 is 8.78 Å². The van der Waals surface area contributed by atoms with Crippen LogP contribution in [-0.4, -0.2) is 50.1 Å². The molecule has 1 saturated carbocycles. The van der Waals surface area contributed by atoms with Gasteiger partial charge < -0.3 is 9.88 Å². The molecule has 1 aromatic carbocycles. The molecular formula is C29H41F2N5O. The summed E-state index contributed by atoms with van der Waals surface area (Å²) in [6.07, 6.45) is -14.7. The predicted molar refractivity (Wildman–Crippen MR) is 139 cm³/mol. The largest absolute Gasteiger partial charge is 0.349 e. The first-order valence-electron chi connectivity index (χ1n) is 19.1. The Balaban J connectivity index is 1.43. The number of carbonyl (C=O) groups excluding carboxylic acids is 1. The minimum Gasteiger partial charge on any atom is -0.349 e. The third-order valence-corrected chi connectivity index (χ3v) is 7.36. The molecule has 4 unspecified atom stereocenters. The van der Waals surface area contributed by atoms with Gasteiger partial charge in [-0.1, -0.05) is 44.1 Å². The standard InChI is InChI=1S/C29H41F2N5O/c1-19(2)27-34-33-20(3)36(27)25-17-23-9-10-24(18-25)35(23)16-13-26(21-7-5-4-6-8-21)32-28(37)22-11-14-29(30,31)15-12-22/h4-8,19,22-26H,9-18H2,1-3H3,(H,32,37)/i1D3,11D2,12D2,14D2,15D2,16D2. The number of benzene rings is 1. The number of piperidine rings is 1. The molecule has 2 aliphatic heterocycles. The van der Waals surface area contributed by atoms with Crippen LogP contribution in [0.15, 0.2) is 30.3 Å². The molecule has 37 heavy (non-hydrogen) atoms. The number of nitrogens with one attached hydrogen (secondary N) is 1. The van der Waals surface area contributed by atoms with Crippen molar-refractivity contribution in [3.8, 4) is 0 Å². The summed E-state index contributed by atoms with van der Waals surface area (Å²) in [5.41, 5.74) is 0.323. The predicted octanol–water partition coefficient (Wildman–Crippen LogP) is 5.95. The van der Waals surface area contributed by atoms with Gasteiger partial charge in [0.05, 0.1) is 6.04 Å². The number of amides is 1. The zero-order valence-corrected chi connectivity index (χ0v) is 20.8. The fraction of sp³-hybridized carbons (Fsp3) is 0.690. The molecule has 4 atom stereocenters. The average molecular weight is 527 g/mol. The number of rotatable bonds is 8. The number of aromatic nitrogens is 3. The second kappa shape index (κ2) is 10.8. The highest BCUT2D eigenvalue weighted by molar-refractivity contribution is 5.79. The first-order chi connectivity index (χ1) is 22.7. The van der Waals surface area contributed by atoms with Crippen molar-refractivity contribution in [2.75, 3.05) is 6.50 Å². The summed E-state index contributed by atoms with van der Waals surface area (Å²) < 4.78 is 139. The maximum absolute atomic E-state index is 15.0. The van der Waals surface area contributed by atoms with Gasteiger partial charge >= 0.3 is 0 Å². The Labute approximate surface area is 237 Å².